The Bertz CT molecular complexity index is 1940. The number of aromatic nitrogens is 2. The number of benzene rings is 4. The first kappa shape index (κ1) is 32.8. The van der Waals surface area contributed by atoms with Crippen molar-refractivity contribution in [2.75, 3.05) is 0 Å². The van der Waals surface area contributed by atoms with Gasteiger partial charge in [0.2, 0.25) is 0 Å². The summed E-state index contributed by atoms with van der Waals surface area (Å²) < 4.78 is 1.09. The van der Waals surface area contributed by atoms with E-state index in [-0.39, 0.29) is 32.2 Å². The fourth-order valence-electron chi connectivity index (χ4n) is 5.49. The van der Waals surface area contributed by atoms with E-state index >= 15 is 0 Å². The molecule has 0 fully saturated rings. The summed E-state index contributed by atoms with van der Waals surface area (Å²) in [4.78, 5) is 9.86. The number of nitrogens with zero attached hydrogens (tertiary/aromatic N) is 2. The molecule has 0 radical (unpaired) electrons. The molecule has 0 aliphatic rings. The van der Waals surface area contributed by atoms with Gasteiger partial charge in [0.15, 0.2) is 0 Å². The maximum atomic E-state index is 10.7. The molecule has 0 bridgehead atoms. The van der Waals surface area contributed by atoms with E-state index < -0.39 is 0 Å². The minimum atomic E-state index is -0.0683. The molecule has 0 aliphatic heterocycles. The number of para-hydroxylation sites is 1. The van der Waals surface area contributed by atoms with Gasteiger partial charge in [0.05, 0.1) is 11.1 Å². The van der Waals surface area contributed by atoms with Crippen LogP contribution in [0.1, 0.15) is 77.0 Å². The van der Waals surface area contributed by atoms with Gasteiger partial charge in [0.1, 0.15) is 10.8 Å². The van der Waals surface area contributed by atoms with Gasteiger partial charge in [-0.3, -0.25) is 4.98 Å². The summed E-state index contributed by atoms with van der Waals surface area (Å²) in [5, 5.41) is 11.5. The first-order chi connectivity index (χ1) is 21.0. The molecular weight excluding hydrogens is 752 g/mol. The van der Waals surface area contributed by atoms with Crippen LogP contribution >= 0.6 is 11.3 Å². The second kappa shape index (κ2) is 13.0. The number of hydrogen-bond acceptors (Lipinski definition) is 4. The third kappa shape index (κ3) is 6.83. The normalized spacial score (nSPS) is 11.8. The van der Waals surface area contributed by atoms with Crippen molar-refractivity contribution in [3.8, 4) is 49.8 Å². The van der Waals surface area contributed by atoms with Crippen molar-refractivity contribution in [3.63, 3.8) is 0 Å². The van der Waals surface area contributed by atoms with Gasteiger partial charge in [0.25, 0.3) is 0 Å². The molecule has 0 saturated carbocycles. The van der Waals surface area contributed by atoms with Crippen molar-refractivity contribution >= 4 is 21.6 Å². The van der Waals surface area contributed by atoms with Crippen LogP contribution in [0.5, 0.6) is 5.75 Å². The van der Waals surface area contributed by atoms with Crippen molar-refractivity contribution in [3.05, 3.63) is 114 Å². The van der Waals surface area contributed by atoms with Crippen molar-refractivity contribution < 1.29 is 26.2 Å². The molecule has 6 aromatic rings. The largest absolute Gasteiger partial charge is 0.507 e. The monoisotopic (exact) mass is 790 g/mol. The maximum absolute atomic E-state index is 10.7. The van der Waals surface area contributed by atoms with Crippen molar-refractivity contribution in [1.29, 1.82) is 0 Å². The number of phenolic OH excluding ortho intramolecular Hbond substituents is 1. The zero-order chi connectivity index (χ0) is 31.2. The molecule has 4 aromatic carbocycles. The van der Waals surface area contributed by atoms with Crippen LogP contribution in [-0.4, -0.2) is 15.1 Å². The Morgan fingerprint density at radius 1 is 0.733 bits per heavy atom. The van der Waals surface area contributed by atoms with Crippen LogP contribution in [-0.2, 0) is 26.5 Å². The predicted molar refractivity (Wildman–Crippen MR) is 187 cm³/mol. The minimum absolute atomic E-state index is 0. The van der Waals surface area contributed by atoms with E-state index in [4.69, 9.17) is 9.97 Å². The number of phenols is 1. The van der Waals surface area contributed by atoms with E-state index in [0.29, 0.717) is 11.8 Å². The average Bonchev–Trinajstić information content (AvgIpc) is 3.44. The molecule has 3 nitrogen and oxygen atoms in total. The van der Waals surface area contributed by atoms with Gasteiger partial charge in [-0.1, -0.05) is 114 Å². The quantitative estimate of drug-likeness (QED) is 0.171. The molecule has 0 unspecified atom stereocenters. The maximum Gasteiger partial charge on any atom is 0.127 e. The Balaban J connectivity index is 0.00000400. The molecule has 5 heteroatoms. The number of aromatic hydroxyl groups is 1. The third-order valence-electron chi connectivity index (χ3n) is 8.24. The Morgan fingerprint density at radius 2 is 1.38 bits per heavy atom. The SMILES string of the molecule is CC(C)c1cc(-c2cc(-c3ccccn3)[c-]c(-c3cc(C(C)(C)C)cc4sc(-c5ccccc5O)nc34)c2)cc(C(C)C)c1.[Pt]. The zero-order valence-electron chi connectivity index (χ0n) is 26.9. The molecule has 0 aliphatic carbocycles. The first-order valence-corrected chi connectivity index (χ1v) is 16.2. The Labute approximate surface area is 285 Å². The van der Waals surface area contributed by atoms with E-state index in [9.17, 15) is 5.11 Å². The second-order valence-corrected chi connectivity index (χ2v) is 14.3. The molecule has 45 heavy (non-hydrogen) atoms. The summed E-state index contributed by atoms with van der Waals surface area (Å²) in [6.07, 6.45) is 1.84. The minimum Gasteiger partial charge on any atom is -0.507 e. The molecule has 2 heterocycles. The third-order valence-corrected chi connectivity index (χ3v) is 9.28. The fourth-order valence-corrected chi connectivity index (χ4v) is 6.56. The van der Waals surface area contributed by atoms with Crippen molar-refractivity contribution in [2.24, 2.45) is 0 Å². The molecule has 0 spiro atoms. The average molecular weight is 791 g/mol. The Morgan fingerprint density at radius 3 is 2.00 bits per heavy atom. The van der Waals surface area contributed by atoms with Crippen LogP contribution in [0.15, 0.2) is 91.1 Å². The number of thiazole rings is 1. The molecule has 232 valence electrons. The topological polar surface area (TPSA) is 46.0 Å². The van der Waals surface area contributed by atoms with E-state index in [1.54, 1.807) is 17.4 Å². The van der Waals surface area contributed by atoms with Crippen LogP contribution in [0.4, 0.5) is 0 Å². The van der Waals surface area contributed by atoms with E-state index in [2.05, 4.69) is 97.0 Å². The zero-order valence-corrected chi connectivity index (χ0v) is 30.0. The van der Waals surface area contributed by atoms with Gasteiger partial charge in [-0.05, 0) is 63.8 Å². The van der Waals surface area contributed by atoms with Crippen LogP contribution < -0.4 is 0 Å². The fraction of sp³-hybridized carbons (Fsp3) is 0.250. The van der Waals surface area contributed by atoms with Gasteiger partial charge >= 0.3 is 0 Å². The standard InChI is InChI=1S/C40H39N2OS.Pt/c1-24(2)26-16-27(25(3)4)18-28(17-26)29-19-30(21-31(20-29)35-13-10-11-15-41-35)34-22-32(40(5,6)7)23-37-38(34)42-39(44-37)33-12-8-9-14-36(33)43;/h8-20,22-25,43H,1-7H3;/q-1;. The summed E-state index contributed by atoms with van der Waals surface area (Å²) in [6, 6.07) is 33.2. The van der Waals surface area contributed by atoms with Crippen LogP contribution in [0.3, 0.4) is 0 Å². The number of hydrogen-bond donors (Lipinski definition) is 1. The van der Waals surface area contributed by atoms with Crippen molar-refractivity contribution in [1.82, 2.24) is 9.97 Å². The summed E-state index contributed by atoms with van der Waals surface area (Å²) in [7, 11) is 0. The van der Waals surface area contributed by atoms with E-state index in [1.807, 2.05) is 42.6 Å². The summed E-state index contributed by atoms with van der Waals surface area (Å²) >= 11 is 1.62. The molecule has 0 amide bonds. The van der Waals surface area contributed by atoms with Gasteiger partial charge in [0, 0.05) is 37.7 Å². The number of fused-ring (bicyclic) bond motifs is 1. The van der Waals surface area contributed by atoms with Gasteiger partial charge in [-0.25, -0.2) is 4.98 Å². The molecule has 1 N–H and O–H groups in total. The van der Waals surface area contributed by atoms with E-state index in [0.717, 1.165) is 48.7 Å². The number of rotatable bonds is 6. The molecule has 0 saturated heterocycles. The van der Waals surface area contributed by atoms with Gasteiger partial charge in [-0.2, -0.15) is 0 Å². The summed E-state index contributed by atoms with van der Waals surface area (Å²) in [5.74, 6) is 1.08. The predicted octanol–water partition coefficient (Wildman–Crippen LogP) is 11.4. The van der Waals surface area contributed by atoms with Gasteiger partial charge in [-0.15, -0.1) is 35.1 Å². The molecule has 6 rings (SSSR count). The summed E-state index contributed by atoms with van der Waals surface area (Å²) in [6.45, 7) is 15.8. The smallest absolute Gasteiger partial charge is 0.127 e. The van der Waals surface area contributed by atoms with Crippen LogP contribution in [0, 0.1) is 6.07 Å². The first-order valence-electron chi connectivity index (χ1n) is 15.4. The number of pyridine rings is 1. The van der Waals surface area contributed by atoms with Crippen LogP contribution in [0.25, 0.3) is 54.3 Å². The molecular formula is C40H39N2OPtS-. The molecule has 0 atom stereocenters. The van der Waals surface area contributed by atoms with Crippen LogP contribution in [0.2, 0.25) is 0 Å². The summed E-state index contributed by atoms with van der Waals surface area (Å²) in [5.41, 5.74) is 11.7. The Hall–Kier alpha value is -3.59. The van der Waals surface area contributed by atoms with Crippen molar-refractivity contribution in [2.45, 2.75) is 65.7 Å². The second-order valence-electron chi connectivity index (χ2n) is 13.3. The van der Waals surface area contributed by atoms with E-state index in [1.165, 1.54) is 22.3 Å². The molecule has 2 aromatic heterocycles. The Kier molecular flexibility index (Phi) is 9.49. The van der Waals surface area contributed by atoms with Gasteiger partial charge < -0.3 is 5.11 Å².